The van der Waals surface area contributed by atoms with Crippen LogP contribution in [0.2, 0.25) is 5.02 Å². The third kappa shape index (κ3) is 6.71. The Morgan fingerprint density at radius 2 is 1.81 bits per heavy atom. The molecule has 0 aliphatic carbocycles. The van der Waals surface area contributed by atoms with E-state index in [1.165, 1.54) is 5.56 Å². The molecule has 0 atom stereocenters. The number of nitrogens with one attached hydrogen (secondary N) is 1. The number of hydrogen-bond donors (Lipinski definition) is 1. The number of hydrogen-bond acceptors (Lipinski definition) is 3. The van der Waals surface area contributed by atoms with Crippen molar-refractivity contribution in [3.05, 3.63) is 64.2 Å². The maximum absolute atomic E-state index is 13.2. The summed E-state index contributed by atoms with van der Waals surface area (Å²) in [5, 5.41) is 3.19. The van der Waals surface area contributed by atoms with Crippen LogP contribution in [0.1, 0.15) is 47.7 Å². The number of amides is 2. The first-order chi connectivity index (χ1) is 14.9. The van der Waals surface area contributed by atoms with Crippen LogP contribution in [0.15, 0.2) is 42.5 Å². The van der Waals surface area contributed by atoms with Crippen molar-refractivity contribution in [1.29, 1.82) is 0 Å². The van der Waals surface area contributed by atoms with E-state index in [1.54, 1.807) is 13.0 Å². The van der Waals surface area contributed by atoms with Gasteiger partial charge < -0.3 is 15.1 Å². The molecule has 1 fully saturated rings. The summed E-state index contributed by atoms with van der Waals surface area (Å²) < 4.78 is 0. The predicted molar refractivity (Wildman–Crippen MR) is 134 cm³/mol. The summed E-state index contributed by atoms with van der Waals surface area (Å²) in [6.45, 7) is 6.13. The fraction of sp³-hybridized carbons (Fsp3) is 0.440. The zero-order valence-corrected chi connectivity index (χ0v) is 20.6. The van der Waals surface area contributed by atoms with Crippen LogP contribution in [-0.4, -0.2) is 54.3 Å². The smallest absolute Gasteiger partial charge is 0.255 e. The van der Waals surface area contributed by atoms with Crippen molar-refractivity contribution < 1.29 is 9.59 Å². The van der Waals surface area contributed by atoms with E-state index >= 15 is 0 Å². The van der Waals surface area contributed by atoms with E-state index in [2.05, 4.69) is 41.5 Å². The van der Waals surface area contributed by atoms with E-state index in [-0.39, 0.29) is 24.2 Å². The Hall–Kier alpha value is -2.08. The van der Waals surface area contributed by atoms with Crippen molar-refractivity contribution in [3.8, 4) is 0 Å². The van der Waals surface area contributed by atoms with E-state index < -0.39 is 0 Å². The predicted octanol–water partition coefficient (Wildman–Crippen LogP) is 5.20. The molecule has 0 unspecified atom stereocenters. The number of carbonyl (C=O) groups is 2. The summed E-state index contributed by atoms with van der Waals surface area (Å²) in [7, 11) is 2.18. The second-order valence-electron chi connectivity index (χ2n) is 8.29. The molecule has 1 aliphatic heterocycles. The molecule has 1 N–H and O–H groups in total. The molecule has 2 aromatic rings. The molecule has 2 aromatic carbocycles. The highest BCUT2D eigenvalue weighted by molar-refractivity contribution is 6.34. The lowest BCUT2D eigenvalue weighted by atomic mass is 10.0. The Balaban J connectivity index is 0.00000363. The summed E-state index contributed by atoms with van der Waals surface area (Å²) in [6.07, 6.45) is 3.34. The van der Waals surface area contributed by atoms with Crippen LogP contribution in [-0.2, 0) is 11.2 Å². The molecule has 0 radical (unpaired) electrons. The highest BCUT2D eigenvalue weighted by atomic mass is 35.5. The second-order valence-corrected chi connectivity index (χ2v) is 8.70. The molecule has 1 aliphatic rings. The van der Waals surface area contributed by atoms with Gasteiger partial charge in [0, 0.05) is 37.8 Å². The van der Waals surface area contributed by atoms with Gasteiger partial charge in [-0.3, -0.25) is 9.59 Å². The monoisotopic (exact) mass is 477 g/mol. The summed E-state index contributed by atoms with van der Waals surface area (Å²) in [5.74, 6) is -0.103. The van der Waals surface area contributed by atoms with Crippen molar-refractivity contribution >= 4 is 41.5 Å². The van der Waals surface area contributed by atoms with Gasteiger partial charge in [-0.2, -0.15) is 0 Å². The molecule has 2 amide bonds. The quantitative estimate of drug-likeness (QED) is 0.596. The fourth-order valence-corrected chi connectivity index (χ4v) is 4.48. The number of piperidine rings is 1. The first kappa shape index (κ1) is 26.2. The van der Waals surface area contributed by atoms with Crippen LogP contribution < -0.4 is 5.32 Å². The number of likely N-dealkylation sites (N-methyl/N-ethyl adjacent to an activating group) is 1. The van der Waals surface area contributed by atoms with Crippen LogP contribution in [0.3, 0.4) is 0 Å². The molecule has 0 bridgehead atoms. The number of carbonyl (C=O) groups excluding carboxylic acids is 2. The first-order valence-corrected chi connectivity index (χ1v) is 11.4. The molecule has 32 heavy (non-hydrogen) atoms. The zero-order chi connectivity index (χ0) is 22.4. The lowest BCUT2D eigenvalue weighted by Gasteiger charge is -2.37. The maximum Gasteiger partial charge on any atom is 0.255 e. The van der Waals surface area contributed by atoms with Gasteiger partial charge in [0.2, 0.25) is 5.91 Å². The van der Waals surface area contributed by atoms with Gasteiger partial charge in [-0.1, -0.05) is 48.9 Å². The highest BCUT2D eigenvalue weighted by Gasteiger charge is 2.27. The minimum Gasteiger partial charge on any atom is -0.338 e. The minimum atomic E-state index is -0.0759. The number of rotatable bonds is 7. The number of nitrogens with zero attached hydrogens (tertiary/aromatic N) is 2. The van der Waals surface area contributed by atoms with Crippen LogP contribution in [0.5, 0.6) is 0 Å². The molecular formula is C25H33Cl2N3O2. The van der Waals surface area contributed by atoms with Gasteiger partial charge in [0.15, 0.2) is 0 Å². The summed E-state index contributed by atoms with van der Waals surface area (Å²) in [5.41, 5.74) is 3.30. The lowest BCUT2D eigenvalue weighted by Crippen LogP contribution is -2.46. The SMILES string of the molecule is CCC(=O)Nc1cc(C)c(C(=O)N2CCC(N(C)CCc3ccccc3)CC2)c(Cl)c1.Cl. The molecule has 174 valence electrons. The fourth-order valence-electron chi connectivity index (χ4n) is 4.14. The standard InChI is InChI=1S/C25H32ClN3O2.ClH/c1-4-23(30)27-20-16-18(2)24(22(26)17-20)25(31)29-14-11-21(12-15-29)28(3)13-10-19-8-6-5-7-9-19;/h5-9,16-17,21H,4,10-15H2,1-3H3,(H,27,30);1H. The van der Waals surface area contributed by atoms with E-state index in [4.69, 9.17) is 11.6 Å². The zero-order valence-electron chi connectivity index (χ0n) is 19.1. The van der Waals surface area contributed by atoms with E-state index in [1.807, 2.05) is 24.0 Å². The second kappa shape index (κ2) is 12.2. The summed E-state index contributed by atoms with van der Waals surface area (Å²) >= 11 is 6.45. The van der Waals surface area contributed by atoms with Crippen molar-refractivity contribution in [2.45, 2.75) is 45.6 Å². The molecule has 1 saturated heterocycles. The van der Waals surface area contributed by atoms with Gasteiger partial charge in [0.05, 0.1) is 10.6 Å². The Bertz CT molecular complexity index is 890. The van der Waals surface area contributed by atoms with Crippen molar-refractivity contribution in [2.75, 3.05) is 32.0 Å². The summed E-state index contributed by atoms with van der Waals surface area (Å²) in [6, 6.07) is 14.5. The third-order valence-electron chi connectivity index (χ3n) is 6.08. The van der Waals surface area contributed by atoms with Crippen LogP contribution >= 0.6 is 24.0 Å². The van der Waals surface area contributed by atoms with Gasteiger partial charge in [0.1, 0.15) is 0 Å². The molecule has 0 saturated carbocycles. The summed E-state index contributed by atoms with van der Waals surface area (Å²) in [4.78, 5) is 29.1. The van der Waals surface area contributed by atoms with Gasteiger partial charge in [0.25, 0.3) is 5.91 Å². The number of aryl methyl sites for hydroxylation is 1. The van der Waals surface area contributed by atoms with Crippen molar-refractivity contribution in [1.82, 2.24) is 9.80 Å². The van der Waals surface area contributed by atoms with Crippen LogP contribution in [0.25, 0.3) is 0 Å². The van der Waals surface area contributed by atoms with E-state index in [0.717, 1.165) is 44.5 Å². The van der Waals surface area contributed by atoms with Crippen molar-refractivity contribution in [3.63, 3.8) is 0 Å². The molecule has 0 spiro atoms. The molecule has 7 heteroatoms. The normalized spacial score (nSPS) is 14.2. The molecular weight excluding hydrogens is 445 g/mol. The topological polar surface area (TPSA) is 52.7 Å². The van der Waals surface area contributed by atoms with Crippen molar-refractivity contribution in [2.24, 2.45) is 0 Å². The van der Waals surface area contributed by atoms with E-state index in [9.17, 15) is 9.59 Å². The molecule has 5 nitrogen and oxygen atoms in total. The number of benzene rings is 2. The Morgan fingerprint density at radius 3 is 2.41 bits per heavy atom. The Morgan fingerprint density at radius 1 is 1.16 bits per heavy atom. The Kier molecular flexibility index (Phi) is 10.0. The van der Waals surface area contributed by atoms with Crippen LogP contribution in [0, 0.1) is 6.92 Å². The molecule has 1 heterocycles. The number of likely N-dealkylation sites (tertiary alicyclic amines) is 1. The highest BCUT2D eigenvalue weighted by Crippen LogP contribution is 2.28. The number of anilines is 1. The van der Waals surface area contributed by atoms with E-state index in [0.29, 0.717) is 28.7 Å². The van der Waals surface area contributed by atoms with Crippen LogP contribution in [0.4, 0.5) is 5.69 Å². The number of halogens is 2. The van der Waals surface area contributed by atoms with Gasteiger partial charge >= 0.3 is 0 Å². The average molecular weight is 478 g/mol. The van der Waals surface area contributed by atoms with Gasteiger partial charge in [-0.15, -0.1) is 12.4 Å². The minimum absolute atomic E-state index is 0. The van der Waals surface area contributed by atoms with Gasteiger partial charge in [-0.25, -0.2) is 0 Å². The molecule has 3 rings (SSSR count). The largest absolute Gasteiger partial charge is 0.338 e. The first-order valence-electron chi connectivity index (χ1n) is 11.0. The Labute approximate surface area is 202 Å². The molecule has 0 aromatic heterocycles. The maximum atomic E-state index is 13.2. The third-order valence-corrected chi connectivity index (χ3v) is 6.38. The van der Waals surface area contributed by atoms with Gasteiger partial charge in [-0.05, 0) is 56.5 Å². The average Bonchev–Trinajstić information content (AvgIpc) is 2.77. The lowest BCUT2D eigenvalue weighted by molar-refractivity contribution is -0.115.